The van der Waals surface area contributed by atoms with Crippen LogP contribution in [-0.4, -0.2) is 23.5 Å². The molecule has 0 saturated carbocycles. The lowest BCUT2D eigenvalue weighted by molar-refractivity contribution is -0.140. The van der Waals surface area contributed by atoms with Gasteiger partial charge in [0.1, 0.15) is 5.82 Å². The van der Waals surface area contributed by atoms with Crippen molar-refractivity contribution < 1.29 is 22.4 Å². The van der Waals surface area contributed by atoms with E-state index in [2.05, 4.69) is 5.32 Å². The normalized spacial score (nSPS) is 19.5. The predicted octanol–water partition coefficient (Wildman–Crippen LogP) is 3.08. The average molecular weight is 293 g/mol. The predicted molar refractivity (Wildman–Crippen MR) is 64.6 cm³/mol. The molecule has 104 valence electrons. The van der Waals surface area contributed by atoms with Crippen LogP contribution in [0, 0.1) is 5.82 Å². The summed E-state index contributed by atoms with van der Waals surface area (Å²) in [5, 5.41) is 2.64. The van der Waals surface area contributed by atoms with E-state index < -0.39 is 23.5 Å². The van der Waals surface area contributed by atoms with Crippen molar-refractivity contribution >= 4 is 17.7 Å². The van der Waals surface area contributed by atoms with Gasteiger partial charge in [0.25, 0.3) is 5.91 Å². The average Bonchev–Trinajstić information content (AvgIpc) is 2.80. The van der Waals surface area contributed by atoms with Crippen LogP contribution in [0.3, 0.4) is 0 Å². The second kappa shape index (κ2) is 5.40. The van der Waals surface area contributed by atoms with Crippen LogP contribution >= 0.6 is 11.8 Å². The summed E-state index contributed by atoms with van der Waals surface area (Å²) in [6.45, 7) is 0. The third kappa shape index (κ3) is 3.40. The van der Waals surface area contributed by atoms with E-state index in [4.69, 9.17) is 0 Å². The molecule has 2 nitrogen and oxygen atoms in total. The quantitative estimate of drug-likeness (QED) is 0.849. The maximum Gasteiger partial charge on any atom is 0.419 e. The SMILES string of the molecule is O=C(NC1CCSC1)c1ccc(F)c(C(F)(F)F)c1. The van der Waals surface area contributed by atoms with Crippen LogP contribution in [0.15, 0.2) is 18.2 Å². The molecule has 1 heterocycles. The van der Waals surface area contributed by atoms with E-state index in [1.807, 2.05) is 0 Å². The Morgan fingerprint density at radius 2 is 2.11 bits per heavy atom. The van der Waals surface area contributed by atoms with E-state index in [1.165, 1.54) is 0 Å². The molecule has 1 aromatic carbocycles. The van der Waals surface area contributed by atoms with E-state index in [0.717, 1.165) is 24.0 Å². The molecule has 1 fully saturated rings. The topological polar surface area (TPSA) is 29.1 Å². The molecule has 1 N–H and O–H groups in total. The third-order valence-corrected chi connectivity index (χ3v) is 3.96. The minimum Gasteiger partial charge on any atom is -0.348 e. The number of thioether (sulfide) groups is 1. The molecule has 0 bridgehead atoms. The van der Waals surface area contributed by atoms with Crippen molar-refractivity contribution in [2.24, 2.45) is 0 Å². The Morgan fingerprint density at radius 3 is 2.68 bits per heavy atom. The van der Waals surface area contributed by atoms with E-state index >= 15 is 0 Å². The number of carbonyl (C=O) groups is 1. The van der Waals surface area contributed by atoms with Crippen LogP contribution < -0.4 is 5.32 Å². The van der Waals surface area contributed by atoms with Crippen molar-refractivity contribution in [3.63, 3.8) is 0 Å². The molecule has 1 saturated heterocycles. The van der Waals surface area contributed by atoms with E-state index in [1.54, 1.807) is 11.8 Å². The van der Waals surface area contributed by atoms with Crippen LogP contribution in [0.25, 0.3) is 0 Å². The summed E-state index contributed by atoms with van der Waals surface area (Å²) < 4.78 is 50.6. The number of carbonyl (C=O) groups excluding carboxylic acids is 1. The molecule has 0 aliphatic carbocycles. The molecule has 1 aliphatic heterocycles. The molecule has 1 amide bonds. The van der Waals surface area contributed by atoms with Crippen molar-refractivity contribution in [2.75, 3.05) is 11.5 Å². The fourth-order valence-electron chi connectivity index (χ4n) is 1.80. The number of rotatable bonds is 2. The number of amides is 1. The zero-order valence-corrected chi connectivity index (χ0v) is 10.6. The summed E-state index contributed by atoms with van der Waals surface area (Å²) in [6.07, 6.45) is -4.01. The minimum absolute atomic E-state index is 0.0307. The maximum absolute atomic E-state index is 13.1. The Balaban J connectivity index is 2.18. The van der Waals surface area contributed by atoms with Gasteiger partial charge in [0.2, 0.25) is 0 Å². The number of hydrogen-bond donors (Lipinski definition) is 1. The van der Waals surface area contributed by atoms with Crippen molar-refractivity contribution in [2.45, 2.75) is 18.6 Å². The first-order chi connectivity index (χ1) is 8.88. The number of nitrogens with one attached hydrogen (secondary N) is 1. The number of hydrogen-bond acceptors (Lipinski definition) is 2. The van der Waals surface area contributed by atoms with Gasteiger partial charge in [0.15, 0.2) is 0 Å². The third-order valence-electron chi connectivity index (χ3n) is 2.80. The van der Waals surface area contributed by atoms with Crippen molar-refractivity contribution in [3.8, 4) is 0 Å². The largest absolute Gasteiger partial charge is 0.419 e. The van der Waals surface area contributed by atoms with Crippen LogP contribution in [0.4, 0.5) is 17.6 Å². The summed E-state index contributed by atoms with van der Waals surface area (Å²) in [4.78, 5) is 11.8. The molecular formula is C12H11F4NOS. The van der Waals surface area contributed by atoms with E-state index in [9.17, 15) is 22.4 Å². The van der Waals surface area contributed by atoms with Crippen LogP contribution in [0.1, 0.15) is 22.3 Å². The highest BCUT2D eigenvalue weighted by Gasteiger charge is 2.34. The maximum atomic E-state index is 13.1. The summed E-state index contributed by atoms with van der Waals surface area (Å²) in [6, 6.07) is 2.24. The van der Waals surface area contributed by atoms with Gasteiger partial charge in [-0.1, -0.05) is 0 Å². The molecule has 1 unspecified atom stereocenters. The van der Waals surface area contributed by atoms with Crippen molar-refractivity contribution in [3.05, 3.63) is 35.1 Å². The highest BCUT2D eigenvalue weighted by Crippen LogP contribution is 2.32. The number of halogens is 4. The first kappa shape index (κ1) is 14.2. The number of alkyl halides is 3. The molecule has 19 heavy (non-hydrogen) atoms. The first-order valence-electron chi connectivity index (χ1n) is 5.63. The van der Waals surface area contributed by atoms with Gasteiger partial charge in [-0.3, -0.25) is 4.79 Å². The lowest BCUT2D eigenvalue weighted by Gasteiger charge is -2.13. The second-order valence-corrected chi connectivity index (χ2v) is 5.38. The Kier molecular flexibility index (Phi) is 4.03. The minimum atomic E-state index is -4.80. The lowest BCUT2D eigenvalue weighted by atomic mass is 10.1. The molecule has 0 aromatic heterocycles. The molecule has 1 aromatic rings. The summed E-state index contributed by atoms with van der Waals surface area (Å²) in [5.41, 5.74) is -1.59. The standard InChI is InChI=1S/C12H11F4NOS/c13-10-2-1-7(5-9(10)12(14,15)16)11(18)17-8-3-4-19-6-8/h1-2,5,8H,3-4,6H2,(H,17,18). The zero-order valence-electron chi connectivity index (χ0n) is 9.76. The highest BCUT2D eigenvalue weighted by molar-refractivity contribution is 7.99. The van der Waals surface area contributed by atoms with Gasteiger partial charge in [0.05, 0.1) is 5.56 Å². The van der Waals surface area contributed by atoms with Crippen molar-refractivity contribution in [1.29, 1.82) is 0 Å². The Morgan fingerprint density at radius 1 is 1.37 bits per heavy atom. The fourth-order valence-corrected chi connectivity index (χ4v) is 2.95. The summed E-state index contributed by atoms with van der Waals surface area (Å²) in [7, 11) is 0. The Labute approximate surface area is 111 Å². The van der Waals surface area contributed by atoms with Crippen LogP contribution in [-0.2, 0) is 6.18 Å². The highest BCUT2D eigenvalue weighted by atomic mass is 32.2. The smallest absolute Gasteiger partial charge is 0.348 e. The van der Waals surface area contributed by atoms with Gasteiger partial charge in [0, 0.05) is 17.4 Å². The Hall–Kier alpha value is -1.24. The number of benzene rings is 1. The van der Waals surface area contributed by atoms with Crippen LogP contribution in [0.5, 0.6) is 0 Å². The van der Waals surface area contributed by atoms with Gasteiger partial charge >= 0.3 is 6.18 Å². The fraction of sp³-hybridized carbons (Fsp3) is 0.417. The van der Waals surface area contributed by atoms with E-state index in [0.29, 0.717) is 12.1 Å². The molecule has 0 spiro atoms. The van der Waals surface area contributed by atoms with E-state index in [-0.39, 0.29) is 11.6 Å². The molecular weight excluding hydrogens is 282 g/mol. The van der Waals surface area contributed by atoms with Crippen LogP contribution in [0.2, 0.25) is 0 Å². The monoisotopic (exact) mass is 293 g/mol. The molecule has 2 rings (SSSR count). The Bertz CT molecular complexity index is 483. The van der Waals surface area contributed by atoms with Gasteiger partial charge in [-0.2, -0.15) is 24.9 Å². The second-order valence-electron chi connectivity index (χ2n) is 4.23. The van der Waals surface area contributed by atoms with Gasteiger partial charge in [-0.25, -0.2) is 4.39 Å². The molecule has 1 atom stereocenters. The lowest BCUT2D eigenvalue weighted by Crippen LogP contribution is -2.34. The summed E-state index contributed by atoms with van der Waals surface area (Å²) in [5.74, 6) is -0.306. The van der Waals surface area contributed by atoms with Crippen molar-refractivity contribution in [1.82, 2.24) is 5.32 Å². The molecule has 7 heteroatoms. The zero-order chi connectivity index (χ0) is 14.0. The molecule has 0 radical (unpaired) electrons. The first-order valence-corrected chi connectivity index (χ1v) is 6.79. The van der Waals surface area contributed by atoms with Gasteiger partial charge in [-0.05, 0) is 30.4 Å². The molecule has 1 aliphatic rings. The summed E-state index contributed by atoms with van der Waals surface area (Å²) >= 11 is 1.67. The van der Waals surface area contributed by atoms with Gasteiger partial charge in [-0.15, -0.1) is 0 Å². The van der Waals surface area contributed by atoms with Gasteiger partial charge < -0.3 is 5.32 Å².